The molecule has 0 aromatic rings. The maximum atomic E-state index is 13.0. The summed E-state index contributed by atoms with van der Waals surface area (Å²) in [5.74, 6) is -1.58. The third kappa shape index (κ3) is 6.96. The van der Waals surface area contributed by atoms with Crippen molar-refractivity contribution in [3.63, 3.8) is 0 Å². The van der Waals surface area contributed by atoms with Crippen LogP contribution in [0.3, 0.4) is 0 Å². The molecule has 1 saturated heterocycles. The Hall–Kier alpha value is -2.07. The van der Waals surface area contributed by atoms with Gasteiger partial charge in [-0.3, -0.25) is 9.69 Å². The summed E-state index contributed by atoms with van der Waals surface area (Å²) in [6.07, 6.45) is -1.13. The highest BCUT2D eigenvalue weighted by molar-refractivity contribution is 5.76. The zero-order chi connectivity index (χ0) is 24.0. The molecular weight excluding hydrogens is 408 g/mol. The summed E-state index contributed by atoms with van der Waals surface area (Å²) in [4.78, 5) is 29.6. The zero-order valence-electron chi connectivity index (χ0n) is 19.9. The Balaban J connectivity index is 3.27. The molecule has 1 heterocycles. The minimum Gasteiger partial charge on any atom is -0.469 e. The lowest BCUT2D eigenvalue weighted by atomic mass is 9.83. The Morgan fingerprint density at radius 2 is 1.90 bits per heavy atom. The highest BCUT2D eigenvalue weighted by Gasteiger charge is 2.50. The van der Waals surface area contributed by atoms with Crippen LogP contribution in [0.25, 0.3) is 10.4 Å². The molecule has 1 aliphatic rings. The normalized spacial score (nSPS) is 22.1. The Labute approximate surface area is 183 Å². The molecular formula is C20H36N4O7. The van der Waals surface area contributed by atoms with Crippen LogP contribution in [0, 0.1) is 11.8 Å². The molecule has 0 spiro atoms. The van der Waals surface area contributed by atoms with Crippen molar-refractivity contribution >= 4 is 12.1 Å². The summed E-state index contributed by atoms with van der Waals surface area (Å²) in [7, 11) is 2.70. The van der Waals surface area contributed by atoms with Gasteiger partial charge >= 0.3 is 12.1 Å². The van der Waals surface area contributed by atoms with Gasteiger partial charge in [-0.25, -0.2) is 4.79 Å². The smallest absolute Gasteiger partial charge is 0.412 e. The Morgan fingerprint density at radius 3 is 2.39 bits per heavy atom. The third-order valence-electron chi connectivity index (χ3n) is 5.25. The molecule has 0 aliphatic carbocycles. The number of esters is 1. The first-order valence-electron chi connectivity index (χ1n) is 10.2. The summed E-state index contributed by atoms with van der Waals surface area (Å²) in [5, 5.41) is 3.61. The van der Waals surface area contributed by atoms with Gasteiger partial charge in [0.2, 0.25) is 0 Å². The number of azide groups is 1. The van der Waals surface area contributed by atoms with Crippen LogP contribution in [0.5, 0.6) is 0 Å². The topological polar surface area (TPSA) is 132 Å². The second-order valence-electron chi connectivity index (χ2n) is 9.10. The van der Waals surface area contributed by atoms with E-state index in [0.717, 1.165) is 0 Å². The van der Waals surface area contributed by atoms with Gasteiger partial charge < -0.3 is 23.7 Å². The van der Waals surface area contributed by atoms with E-state index in [0.29, 0.717) is 0 Å². The van der Waals surface area contributed by atoms with Crippen molar-refractivity contribution in [3.8, 4) is 0 Å². The van der Waals surface area contributed by atoms with E-state index in [2.05, 4.69) is 10.0 Å². The van der Waals surface area contributed by atoms with Crippen molar-refractivity contribution in [2.45, 2.75) is 78.0 Å². The maximum Gasteiger partial charge on any atom is 0.412 e. The van der Waals surface area contributed by atoms with Gasteiger partial charge in [-0.2, -0.15) is 0 Å². The second-order valence-corrected chi connectivity index (χ2v) is 9.10. The summed E-state index contributed by atoms with van der Waals surface area (Å²) in [6, 6.07) is -1.52. The van der Waals surface area contributed by atoms with Gasteiger partial charge in [0.25, 0.3) is 0 Å². The Bertz CT molecular complexity index is 673. The van der Waals surface area contributed by atoms with E-state index in [-0.39, 0.29) is 19.3 Å². The van der Waals surface area contributed by atoms with Gasteiger partial charge in [-0.15, -0.1) is 0 Å². The number of ether oxygens (including phenoxy) is 5. The number of carbonyl (C=O) groups excluding carboxylic acids is 2. The number of hydrogen-bond acceptors (Lipinski definition) is 8. The summed E-state index contributed by atoms with van der Waals surface area (Å²) in [5.41, 5.74) is 7.34. The molecule has 1 fully saturated rings. The largest absolute Gasteiger partial charge is 0.469 e. The SMILES string of the molecule is COCO[C@H]([C@H](C)[C@@H](N=[N+]=[N-])C(=O)OC)[C@H](C)[C@@H]1COC(C)(C)N1C(=O)OC(C)(C)C. The van der Waals surface area contributed by atoms with Crippen molar-refractivity contribution in [1.29, 1.82) is 0 Å². The van der Waals surface area contributed by atoms with E-state index in [1.54, 1.807) is 46.4 Å². The number of carbonyl (C=O) groups is 2. The number of amides is 1. The van der Waals surface area contributed by atoms with Crippen LogP contribution in [0.1, 0.15) is 48.5 Å². The van der Waals surface area contributed by atoms with Gasteiger partial charge in [0.1, 0.15) is 24.2 Å². The predicted octanol–water partition coefficient (Wildman–Crippen LogP) is 3.47. The first kappa shape index (κ1) is 27.0. The van der Waals surface area contributed by atoms with E-state index < -0.39 is 47.5 Å². The maximum absolute atomic E-state index is 13.0. The number of rotatable bonds is 9. The van der Waals surface area contributed by atoms with E-state index in [4.69, 9.17) is 29.2 Å². The standard InChI is InChI=1S/C20H36N4O7/c1-12(14-10-30-20(6,7)24(14)18(26)31-19(3,4)5)16(29-11-27-8)13(2)15(22-23-21)17(25)28-9/h12-16H,10-11H2,1-9H3/t12-,13-,14+,15-,16+/m1/s1. The Kier molecular flexibility index (Phi) is 9.56. The molecule has 0 aromatic heterocycles. The van der Waals surface area contributed by atoms with E-state index in [1.165, 1.54) is 14.2 Å². The molecule has 11 nitrogen and oxygen atoms in total. The third-order valence-corrected chi connectivity index (χ3v) is 5.25. The molecule has 1 aliphatic heterocycles. The van der Waals surface area contributed by atoms with Crippen LogP contribution >= 0.6 is 0 Å². The quantitative estimate of drug-likeness (QED) is 0.175. The minimum atomic E-state index is -1.11. The average molecular weight is 445 g/mol. The molecule has 178 valence electrons. The second kappa shape index (κ2) is 11.0. The number of hydrogen-bond donors (Lipinski definition) is 0. The van der Waals surface area contributed by atoms with Crippen LogP contribution < -0.4 is 0 Å². The minimum absolute atomic E-state index is 0.0487. The van der Waals surface area contributed by atoms with Crippen molar-refractivity contribution in [1.82, 2.24) is 4.90 Å². The van der Waals surface area contributed by atoms with Crippen molar-refractivity contribution < 1.29 is 33.3 Å². The van der Waals surface area contributed by atoms with Crippen molar-refractivity contribution in [2.75, 3.05) is 27.6 Å². The molecule has 0 bridgehead atoms. The fraction of sp³-hybridized carbons (Fsp3) is 0.900. The molecule has 0 N–H and O–H groups in total. The van der Waals surface area contributed by atoms with Gasteiger partial charge in [-0.05, 0) is 40.1 Å². The molecule has 0 unspecified atom stereocenters. The monoisotopic (exact) mass is 444 g/mol. The lowest BCUT2D eigenvalue weighted by Crippen LogP contribution is -2.54. The van der Waals surface area contributed by atoms with Crippen LogP contribution in [0.2, 0.25) is 0 Å². The van der Waals surface area contributed by atoms with Crippen LogP contribution in [-0.4, -0.2) is 74.1 Å². The van der Waals surface area contributed by atoms with E-state index >= 15 is 0 Å². The van der Waals surface area contributed by atoms with Gasteiger partial charge in [-0.1, -0.05) is 19.0 Å². The number of nitrogens with zero attached hydrogens (tertiary/aromatic N) is 4. The lowest BCUT2D eigenvalue weighted by molar-refractivity contribution is -0.151. The molecule has 0 saturated carbocycles. The van der Waals surface area contributed by atoms with Crippen LogP contribution in [-0.2, 0) is 28.5 Å². The van der Waals surface area contributed by atoms with Gasteiger partial charge in [0, 0.05) is 23.9 Å². The van der Waals surface area contributed by atoms with Crippen LogP contribution in [0.15, 0.2) is 5.11 Å². The first-order chi connectivity index (χ1) is 14.3. The van der Waals surface area contributed by atoms with Crippen molar-refractivity contribution in [3.05, 3.63) is 10.4 Å². The number of methoxy groups -OCH3 is 2. The van der Waals surface area contributed by atoms with Gasteiger partial charge in [0.05, 0.1) is 25.9 Å². The summed E-state index contributed by atoms with van der Waals surface area (Å²) < 4.78 is 27.3. The highest BCUT2D eigenvalue weighted by atomic mass is 16.7. The zero-order valence-corrected chi connectivity index (χ0v) is 19.9. The van der Waals surface area contributed by atoms with Crippen LogP contribution in [0.4, 0.5) is 4.79 Å². The molecule has 5 atom stereocenters. The van der Waals surface area contributed by atoms with E-state index in [1.807, 2.05) is 6.92 Å². The molecule has 11 heteroatoms. The summed E-state index contributed by atoms with van der Waals surface area (Å²) in [6.45, 7) is 12.8. The fourth-order valence-corrected chi connectivity index (χ4v) is 3.76. The van der Waals surface area contributed by atoms with E-state index in [9.17, 15) is 9.59 Å². The molecule has 0 radical (unpaired) electrons. The first-order valence-corrected chi connectivity index (χ1v) is 10.2. The fourth-order valence-electron chi connectivity index (χ4n) is 3.76. The summed E-state index contributed by atoms with van der Waals surface area (Å²) >= 11 is 0. The van der Waals surface area contributed by atoms with Crippen molar-refractivity contribution in [2.24, 2.45) is 17.0 Å². The molecule has 31 heavy (non-hydrogen) atoms. The highest BCUT2D eigenvalue weighted by Crippen LogP contribution is 2.36. The Morgan fingerprint density at radius 1 is 1.29 bits per heavy atom. The molecule has 0 aromatic carbocycles. The molecule has 1 amide bonds. The molecule has 1 rings (SSSR count). The lowest BCUT2D eigenvalue weighted by Gasteiger charge is -2.40. The van der Waals surface area contributed by atoms with Gasteiger partial charge in [0.15, 0.2) is 0 Å². The predicted molar refractivity (Wildman–Crippen MR) is 112 cm³/mol. The average Bonchev–Trinajstić information content (AvgIpc) is 2.99.